The number of rotatable bonds is 2. The minimum absolute atomic E-state index is 0.00577. The summed E-state index contributed by atoms with van der Waals surface area (Å²) in [5.41, 5.74) is 0.0934. The van der Waals surface area contributed by atoms with Crippen LogP contribution >= 0.6 is 0 Å². The van der Waals surface area contributed by atoms with Crippen LogP contribution in [0.4, 0.5) is 5.82 Å². The predicted octanol–water partition coefficient (Wildman–Crippen LogP) is 0.223. The molecule has 0 aliphatic carbocycles. The van der Waals surface area contributed by atoms with Crippen LogP contribution in [0.2, 0.25) is 0 Å². The first-order chi connectivity index (χ1) is 10.5. The second kappa shape index (κ2) is 5.26. The maximum Gasteiger partial charge on any atom is 0.260 e. The summed E-state index contributed by atoms with van der Waals surface area (Å²) in [5.74, 6) is -0.816. The fraction of sp³-hybridized carbons (Fsp3) is 0.154. The third kappa shape index (κ3) is 2.70. The zero-order valence-electron chi connectivity index (χ0n) is 11.3. The smallest absolute Gasteiger partial charge is 0.260 e. The Labute approximate surface area is 126 Å². The van der Waals surface area contributed by atoms with Crippen LogP contribution in [0, 0.1) is 0 Å². The number of anilines is 1. The third-order valence-electron chi connectivity index (χ3n) is 3.12. The lowest BCUT2D eigenvalue weighted by Gasteiger charge is -2.28. The molecule has 0 saturated carbocycles. The van der Waals surface area contributed by atoms with E-state index in [0.29, 0.717) is 0 Å². The van der Waals surface area contributed by atoms with E-state index in [-0.39, 0.29) is 35.3 Å². The number of aromatic hydroxyl groups is 1. The van der Waals surface area contributed by atoms with Crippen LogP contribution in [0.15, 0.2) is 46.7 Å². The number of carbonyl (C=O) groups excluding carboxylic acids is 1. The summed E-state index contributed by atoms with van der Waals surface area (Å²) in [6.07, 6.45) is 6.16. The summed E-state index contributed by atoms with van der Waals surface area (Å²) in [6.45, 7) is 0.233. The first-order valence-corrected chi connectivity index (χ1v) is 8.01. The highest BCUT2D eigenvalue weighted by atomic mass is 32.2. The van der Waals surface area contributed by atoms with Gasteiger partial charge in [0.05, 0.1) is 11.3 Å². The number of amides is 1. The van der Waals surface area contributed by atoms with E-state index in [4.69, 9.17) is 0 Å². The zero-order valence-corrected chi connectivity index (χ0v) is 12.1. The summed E-state index contributed by atoms with van der Waals surface area (Å²) in [5, 5.41) is 12.1. The number of amidine groups is 1. The summed E-state index contributed by atoms with van der Waals surface area (Å²) >= 11 is 0. The second-order valence-corrected chi connectivity index (χ2v) is 6.40. The van der Waals surface area contributed by atoms with Crippen LogP contribution < -0.4 is 5.32 Å². The largest absolute Gasteiger partial charge is 0.504 e. The minimum Gasteiger partial charge on any atom is -0.504 e. The molecule has 2 aliphatic heterocycles. The number of carbonyl (C=O) groups is 1. The SMILES string of the molecule is O=C(Nc1ncccc1O)C1=CC=CN2CCS(=O)(=O)N=C12. The fourth-order valence-electron chi connectivity index (χ4n) is 2.06. The van der Waals surface area contributed by atoms with E-state index >= 15 is 0 Å². The van der Waals surface area contributed by atoms with E-state index < -0.39 is 15.9 Å². The second-order valence-electron chi connectivity index (χ2n) is 4.64. The molecule has 22 heavy (non-hydrogen) atoms. The molecule has 114 valence electrons. The van der Waals surface area contributed by atoms with Crippen molar-refractivity contribution >= 4 is 27.6 Å². The van der Waals surface area contributed by atoms with E-state index in [1.807, 2.05) is 0 Å². The van der Waals surface area contributed by atoms with Crippen LogP contribution in [0.3, 0.4) is 0 Å². The van der Waals surface area contributed by atoms with Crippen LogP contribution in [-0.2, 0) is 14.8 Å². The Morgan fingerprint density at radius 3 is 3.00 bits per heavy atom. The number of hydrogen-bond donors (Lipinski definition) is 2. The number of fused-ring (bicyclic) bond motifs is 1. The molecule has 1 aromatic heterocycles. The van der Waals surface area contributed by atoms with Gasteiger partial charge >= 0.3 is 0 Å². The van der Waals surface area contributed by atoms with Crippen molar-refractivity contribution in [3.63, 3.8) is 0 Å². The molecule has 8 nitrogen and oxygen atoms in total. The molecule has 1 amide bonds. The maximum absolute atomic E-state index is 12.3. The lowest BCUT2D eigenvalue weighted by atomic mass is 10.1. The van der Waals surface area contributed by atoms with Gasteiger partial charge in [-0.15, -0.1) is 4.40 Å². The molecule has 0 aromatic carbocycles. The molecule has 0 bridgehead atoms. The fourth-order valence-corrected chi connectivity index (χ4v) is 3.05. The van der Waals surface area contributed by atoms with E-state index in [2.05, 4.69) is 14.7 Å². The number of allylic oxidation sites excluding steroid dienone is 2. The molecule has 0 unspecified atom stereocenters. The minimum atomic E-state index is -3.57. The number of sulfonamides is 1. The Morgan fingerprint density at radius 2 is 2.23 bits per heavy atom. The zero-order chi connectivity index (χ0) is 15.7. The number of nitrogens with zero attached hydrogens (tertiary/aromatic N) is 3. The molecule has 0 fully saturated rings. The van der Waals surface area contributed by atoms with Gasteiger partial charge < -0.3 is 15.3 Å². The van der Waals surface area contributed by atoms with Gasteiger partial charge in [-0.1, -0.05) is 0 Å². The van der Waals surface area contributed by atoms with Gasteiger partial charge in [0.2, 0.25) is 0 Å². The molecule has 3 rings (SSSR count). The van der Waals surface area contributed by atoms with Gasteiger partial charge in [0.1, 0.15) is 0 Å². The number of pyridine rings is 1. The molecule has 9 heteroatoms. The average molecular weight is 320 g/mol. The first kappa shape index (κ1) is 14.3. The number of aromatic nitrogens is 1. The Balaban J connectivity index is 1.92. The van der Waals surface area contributed by atoms with Crippen molar-refractivity contribution in [1.82, 2.24) is 9.88 Å². The van der Waals surface area contributed by atoms with Crippen molar-refractivity contribution < 1.29 is 18.3 Å². The van der Waals surface area contributed by atoms with Gasteiger partial charge in [-0.05, 0) is 24.3 Å². The molecule has 2 N–H and O–H groups in total. The Hall–Kier alpha value is -2.68. The molecule has 3 heterocycles. The predicted molar refractivity (Wildman–Crippen MR) is 79.7 cm³/mol. The molecule has 0 atom stereocenters. The Bertz CT molecular complexity index is 826. The van der Waals surface area contributed by atoms with Gasteiger partial charge in [0, 0.05) is 18.9 Å². The summed E-state index contributed by atoms with van der Waals surface area (Å²) in [4.78, 5) is 17.8. The van der Waals surface area contributed by atoms with Crippen molar-refractivity contribution in [3.8, 4) is 5.75 Å². The van der Waals surface area contributed by atoms with Crippen molar-refractivity contribution in [2.24, 2.45) is 4.40 Å². The average Bonchev–Trinajstić information content (AvgIpc) is 2.48. The highest BCUT2D eigenvalue weighted by molar-refractivity contribution is 7.90. The van der Waals surface area contributed by atoms with Crippen molar-refractivity contribution in [2.45, 2.75) is 0 Å². The van der Waals surface area contributed by atoms with Crippen molar-refractivity contribution in [1.29, 1.82) is 0 Å². The number of hydrogen-bond acceptors (Lipinski definition) is 6. The van der Waals surface area contributed by atoms with Gasteiger partial charge in [-0.2, -0.15) is 0 Å². The topological polar surface area (TPSA) is 112 Å². The van der Waals surface area contributed by atoms with Gasteiger partial charge in [-0.3, -0.25) is 4.79 Å². The van der Waals surface area contributed by atoms with E-state index in [9.17, 15) is 18.3 Å². The van der Waals surface area contributed by atoms with Crippen LogP contribution in [0.25, 0.3) is 0 Å². The van der Waals surface area contributed by atoms with Crippen LogP contribution in [0.5, 0.6) is 5.75 Å². The van der Waals surface area contributed by atoms with E-state index in [0.717, 1.165) is 0 Å². The van der Waals surface area contributed by atoms with E-state index in [1.54, 1.807) is 17.2 Å². The lowest BCUT2D eigenvalue weighted by Crippen LogP contribution is -2.40. The maximum atomic E-state index is 12.3. The number of nitrogens with one attached hydrogen (secondary N) is 1. The molecule has 0 spiro atoms. The Morgan fingerprint density at radius 1 is 1.41 bits per heavy atom. The first-order valence-electron chi connectivity index (χ1n) is 6.40. The summed E-state index contributed by atoms with van der Waals surface area (Å²) in [7, 11) is -3.57. The lowest BCUT2D eigenvalue weighted by molar-refractivity contribution is -0.112. The van der Waals surface area contributed by atoms with Crippen LogP contribution in [-0.4, -0.2) is 47.4 Å². The van der Waals surface area contributed by atoms with Crippen LogP contribution in [0.1, 0.15) is 0 Å². The summed E-state index contributed by atoms with van der Waals surface area (Å²) < 4.78 is 26.9. The Kier molecular flexibility index (Phi) is 3.41. The molecule has 0 saturated heterocycles. The standard InChI is InChI=1S/C13H12N4O4S/c18-10-4-1-5-14-11(10)15-13(19)9-3-2-6-17-7-8-22(20,21)16-12(9)17/h1-6,18H,7-8H2,(H,14,15,19). The monoisotopic (exact) mass is 320 g/mol. The van der Waals surface area contributed by atoms with Crippen molar-refractivity contribution in [3.05, 3.63) is 42.3 Å². The van der Waals surface area contributed by atoms with Crippen molar-refractivity contribution in [2.75, 3.05) is 17.6 Å². The quantitative estimate of drug-likeness (QED) is 0.806. The van der Waals surface area contributed by atoms with Gasteiger partial charge in [-0.25, -0.2) is 13.4 Å². The highest BCUT2D eigenvalue weighted by Crippen LogP contribution is 2.22. The third-order valence-corrected chi connectivity index (χ3v) is 4.27. The van der Waals surface area contributed by atoms with Gasteiger partial charge in [0.15, 0.2) is 17.4 Å². The summed E-state index contributed by atoms with van der Waals surface area (Å²) in [6, 6.07) is 2.90. The van der Waals surface area contributed by atoms with E-state index in [1.165, 1.54) is 24.4 Å². The molecule has 0 radical (unpaired) electrons. The molecule has 1 aromatic rings. The normalized spacial score (nSPS) is 19.0. The van der Waals surface area contributed by atoms with Gasteiger partial charge in [0.25, 0.3) is 15.9 Å². The molecule has 2 aliphatic rings. The molecular formula is C13H12N4O4S. The highest BCUT2D eigenvalue weighted by Gasteiger charge is 2.30. The molecular weight excluding hydrogens is 308 g/mol.